The van der Waals surface area contributed by atoms with Gasteiger partial charge in [0.15, 0.2) is 0 Å². The van der Waals surface area contributed by atoms with Gasteiger partial charge in [0.05, 0.1) is 15.5 Å². The third-order valence-electron chi connectivity index (χ3n) is 3.75. The standard InChI is InChI=1S/C14H24OS/c1-12(2,3)10-9-14(7-8-14)16(15)11(10)13(4,5)6/h7-9H2,1-6H3. The summed E-state index contributed by atoms with van der Waals surface area (Å²) >= 11 is 0. The first-order chi connectivity index (χ1) is 7.08. The highest BCUT2D eigenvalue weighted by molar-refractivity contribution is 7.91. The smallest absolute Gasteiger partial charge is 0.0559 e. The second kappa shape index (κ2) is 3.22. The second-order valence-corrected chi connectivity index (χ2v) is 9.25. The van der Waals surface area contributed by atoms with Crippen LogP contribution in [0.3, 0.4) is 0 Å². The summed E-state index contributed by atoms with van der Waals surface area (Å²) in [5.41, 5.74) is 1.69. The zero-order valence-electron chi connectivity index (χ0n) is 11.4. The average molecular weight is 240 g/mol. The normalized spacial score (nSPS) is 29.0. The molecule has 1 aliphatic carbocycles. The van der Waals surface area contributed by atoms with Crippen LogP contribution in [0.25, 0.3) is 0 Å². The second-order valence-electron chi connectivity index (χ2n) is 7.44. The molecule has 1 heterocycles. The highest BCUT2D eigenvalue weighted by Gasteiger charge is 2.57. The largest absolute Gasteiger partial charge is 0.254 e. The Balaban J connectivity index is 2.50. The van der Waals surface area contributed by atoms with Crippen molar-refractivity contribution in [2.24, 2.45) is 10.8 Å². The highest BCUT2D eigenvalue weighted by atomic mass is 32.2. The molecule has 0 amide bonds. The third kappa shape index (κ3) is 1.79. The minimum atomic E-state index is -0.726. The molecule has 92 valence electrons. The first kappa shape index (κ1) is 12.3. The summed E-state index contributed by atoms with van der Waals surface area (Å²) in [4.78, 5) is 1.25. The topological polar surface area (TPSA) is 17.1 Å². The van der Waals surface area contributed by atoms with Crippen molar-refractivity contribution in [1.29, 1.82) is 0 Å². The highest BCUT2D eigenvalue weighted by Crippen LogP contribution is 2.60. The predicted octanol–water partition coefficient (Wildman–Crippen LogP) is 4.02. The van der Waals surface area contributed by atoms with E-state index in [0.29, 0.717) is 0 Å². The fourth-order valence-corrected chi connectivity index (χ4v) is 4.97. The summed E-state index contributed by atoms with van der Waals surface area (Å²) in [6.07, 6.45) is 3.41. The fraction of sp³-hybridized carbons (Fsp3) is 0.857. The van der Waals surface area contributed by atoms with Gasteiger partial charge in [-0.15, -0.1) is 0 Å². The van der Waals surface area contributed by atoms with E-state index in [-0.39, 0.29) is 15.6 Å². The van der Waals surface area contributed by atoms with E-state index < -0.39 is 10.8 Å². The van der Waals surface area contributed by atoms with Crippen LogP contribution in [0.15, 0.2) is 10.5 Å². The molecule has 16 heavy (non-hydrogen) atoms. The summed E-state index contributed by atoms with van der Waals surface area (Å²) in [7, 11) is -0.726. The first-order valence-electron chi connectivity index (χ1n) is 6.24. The summed E-state index contributed by atoms with van der Waals surface area (Å²) in [5.74, 6) is 0. The molecule has 1 saturated carbocycles. The molecule has 1 spiro atoms. The zero-order valence-corrected chi connectivity index (χ0v) is 12.3. The SMILES string of the molecule is CC(C)(C)C1=C(C(C)(C)C)S(=O)C2(CC2)C1. The van der Waals surface area contributed by atoms with Crippen LogP contribution >= 0.6 is 0 Å². The van der Waals surface area contributed by atoms with E-state index in [1.807, 2.05) is 0 Å². The van der Waals surface area contributed by atoms with Crippen molar-refractivity contribution in [2.75, 3.05) is 0 Å². The van der Waals surface area contributed by atoms with Gasteiger partial charge >= 0.3 is 0 Å². The quantitative estimate of drug-likeness (QED) is 0.625. The summed E-state index contributed by atoms with van der Waals surface area (Å²) in [6, 6.07) is 0. The van der Waals surface area contributed by atoms with Gasteiger partial charge in [0.2, 0.25) is 0 Å². The Morgan fingerprint density at radius 2 is 1.50 bits per heavy atom. The lowest BCUT2D eigenvalue weighted by Gasteiger charge is -2.27. The molecule has 1 aliphatic heterocycles. The van der Waals surface area contributed by atoms with Crippen LogP contribution in [-0.2, 0) is 10.8 Å². The molecule has 0 aromatic rings. The number of hydrogen-bond acceptors (Lipinski definition) is 1. The van der Waals surface area contributed by atoms with E-state index in [4.69, 9.17) is 0 Å². The Kier molecular flexibility index (Phi) is 2.48. The van der Waals surface area contributed by atoms with Crippen molar-refractivity contribution < 1.29 is 4.21 Å². The summed E-state index contributed by atoms with van der Waals surface area (Å²) in [5, 5.41) is 0. The van der Waals surface area contributed by atoms with Crippen molar-refractivity contribution in [3.63, 3.8) is 0 Å². The molecule has 0 aromatic carbocycles. The van der Waals surface area contributed by atoms with Gasteiger partial charge in [-0.05, 0) is 30.1 Å². The van der Waals surface area contributed by atoms with E-state index in [1.165, 1.54) is 23.3 Å². The van der Waals surface area contributed by atoms with E-state index in [9.17, 15) is 4.21 Å². The lowest BCUT2D eigenvalue weighted by Crippen LogP contribution is -2.19. The molecular formula is C14H24OS. The molecule has 1 unspecified atom stereocenters. The molecule has 2 aliphatic rings. The summed E-state index contributed by atoms with van der Waals surface area (Å²) in [6.45, 7) is 13.4. The molecule has 2 heteroatoms. The molecule has 0 saturated heterocycles. The van der Waals surface area contributed by atoms with Gasteiger partial charge in [-0.1, -0.05) is 47.1 Å². The number of allylic oxidation sites excluding steroid dienone is 2. The van der Waals surface area contributed by atoms with Gasteiger partial charge in [-0.3, -0.25) is 4.21 Å². The minimum Gasteiger partial charge on any atom is -0.254 e. The monoisotopic (exact) mass is 240 g/mol. The van der Waals surface area contributed by atoms with Crippen molar-refractivity contribution >= 4 is 10.8 Å². The molecule has 1 fully saturated rings. The van der Waals surface area contributed by atoms with Crippen LogP contribution < -0.4 is 0 Å². The lowest BCUT2D eigenvalue weighted by atomic mass is 9.79. The predicted molar refractivity (Wildman–Crippen MR) is 70.7 cm³/mol. The zero-order chi connectivity index (χ0) is 12.4. The minimum absolute atomic E-state index is 0.0551. The fourth-order valence-electron chi connectivity index (χ4n) is 2.63. The molecule has 0 bridgehead atoms. The van der Waals surface area contributed by atoms with Crippen LogP contribution in [0.5, 0.6) is 0 Å². The van der Waals surface area contributed by atoms with Crippen molar-refractivity contribution in [3.05, 3.63) is 10.5 Å². The van der Waals surface area contributed by atoms with Crippen molar-refractivity contribution in [1.82, 2.24) is 0 Å². The van der Waals surface area contributed by atoms with E-state index in [2.05, 4.69) is 41.5 Å². The Labute approximate surface area is 102 Å². The number of hydrogen-bond donors (Lipinski definition) is 0. The number of rotatable bonds is 0. The maximum Gasteiger partial charge on any atom is 0.0559 e. The molecular weight excluding hydrogens is 216 g/mol. The van der Waals surface area contributed by atoms with Crippen molar-refractivity contribution in [2.45, 2.75) is 65.6 Å². The lowest BCUT2D eigenvalue weighted by molar-refractivity contribution is 0.452. The average Bonchev–Trinajstić information content (AvgIpc) is 2.72. The van der Waals surface area contributed by atoms with Crippen molar-refractivity contribution in [3.8, 4) is 0 Å². The Morgan fingerprint density at radius 3 is 1.75 bits per heavy atom. The molecule has 0 N–H and O–H groups in total. The van der Waals surface area contributed by atoms with Gasteiger partial charge in [0, 0.05) is 4.91 Å². The van der Waals surface area contributed by atoms with Gasteiger partial charge in [-0.2, -0.15) is 0 Å². The van der Waals surface area contributed by atoms with Crippen LogP contribution in [0, 0.1) is 10.8 Å². The van der Waals surface area contributed by atoms with Gasteiger partial charge in [0.25, 0.3) is 0 Å². The maximum atomic E-state index is 12.6. The van der Waals surface area contributed by atoms with Gasteiger partial charge in [0.1, 0.15) is 0 Å². The van der Waals surface area contributed by atoms with E-state index in [1.54, 1.807) is 0 Å². The molecule has 1 nitrogen and oxygen atoms in total. The van der Waals surface area contributed by atoms with Gasteiger partial charge in [-0.25, -0.2) is 0 Å². The Hall–Kier alpha value is -0.110. The molecule has 2 rings (SSSR count). The Morgan fingerprint density at radius 1 is 1.00 bits per heavy atom. The summed E-state index contributed by atoms with van der Waals surface area (Å²) < 4.78 is 12.8. The van der Waals surface area contributed by atoms with Crippen LogP contribution in [-0.4, -0.2) is 8.96 Å². The molecule has 0 aromatic heterocycles. The van der Waals surface area contributed by atoms with Crippen LogP contribution in [0.1, 0.15) is 60.8 Å². The van der Waals surface area contributed by atoms with Crippen LogP contribution in [0.4, 0.5) is 0 Å². The van der Waals surface area contributed by atoms with E-state index in [0.717, 1.165) is 6.42 Å². The molecule has 0 radical (unpaired) electrons. The van der Waals surface area contributed by atoms with Crippen LogP contribution in [0.2, 0.25) is 0 Å². The maximum absolute atomic E-state index is 12.6. The Bertz CT molecular complexity index is 373. The molecule has 1 atom stereocenters. The van der Waals surface area contributed by atoms with Gasteiger partial charge < -0.3 is 0 Å². The first-order valence-corrected chi connectivity index (χ1v) is 7.39. The third-order valence-corrected chi connectivity index (χ3v) is 6.31. The van der Waals surface area contributed by atoms with E-state index >= 15 is 0 Å².